The number of nitrogens with one attached hydrogen (secondary N) is 2. The summed E-state index contributed by atoms with van der Waals surface area (Å²) < 4.78 is 5.07. The van der Waals surface area contributed by atoms with Gasteiger partial charge >= 0.3 is 0 Å². The molecule has 4 heterocycles. The van der Waals surface area contributed by atoms with Crippen LogP contribution in [-0.2, 0) is 14.4 Å². The lowest BCUT2D eigenvalue weighted by atomic mass is 10.1. The maximum Gasteiger partial charge on any atom is 0.287 e. The molecule has 1 aromatic rings. The minimum Gasteiger partial charge on any atom is -0.459 e. The van der Waals surface area contributed by atoms with Gasteiger partial charge in [-0.15, -0.1) is 0 Å². The van der Waals surface area contributed by atoms with Crippen LogP contribution in [0.4, 0.5) is 0 Å². The molecule has 26 heavy (non-hydrogen) atoms. The Balaban J connectivity index is 1.52. The van der Waals surface area contributed by atoms with Gasteiger partial charge in [0, 0.05) is 26.1 Å². The number of fused-ring (bicyclic) bond motifs is 2. The lowest BCUT2D eigenvalue weighted by Crippen LogP contribution is -2.52. The number of hydrogen-bond donors (Lipinski definition) is 2. The van der Waals surface area contributed by atoms with Crippen molar-refractivity contribution in [2.45, 2.75) is 43.9 Å². The van der Waals surface area contributed by atoms with Crippen molar-refractivity contribution >= 4 is 23.6 Å². The van der Waals surface area contributed by atoms with Crippen LogP contribution in [0.25, 0.3) is 0 Å². The number of carbonyl (C=O) groups excluding carboxylic acids is 4. The molecule has 3 aliphatic rings. The van der Waals surface area contributed by atoms with E-state index in [1.807, 2.05) is 0 Å². The van der Waals surface area contributed by atoms with Crippen molar-refractivity contribution < 1.29 is 23.6 Å². The van der Waals surface area contributed by atoms with Gasteiger partial charge in [0.1, 0.15) is 12.1 Å². The molecule has 9 heteroatoms. The molecule has 0 saturated carbocycles. The molecule has 4 amide bonds. The van der Waals surface area contributed by atoms with Gasteiger partial charge in [-0.3, -0.25) is 19.2 Å². The van der Waals surface area contributed by atoms with E-state index in [2.05, 4.69) is 10.6 Å². The van der Waals surface area contributed by atoms with Crippen molar-refractivity contribution in [3.8, 4) is 0 Å². The third kappa shape index (κ3) is 2.63. The number of hydrogen-bond acceptors (Lipinski definition) is 5. The molecule has 3 aliphatic heterocycles. The maximum absolute atomic E-state index is 13.0. The topological polar surface area (TPSA) is 112 Å². The van der Waals surface area contributed by atoms with Gasteiger partial charge in [0.2, 0.25) is 17.7 Å². The Labute approximate surface area is 149 Å². The number of furan rings is 1. The molecule has 138 valence electrons. The Morgan fingerprint density at radius 2 is 2.15 bits per heavy atom. The van der Waals surface area contributed by atoms with Gasteiger partial charge in [0.25, 0.3) is 5.91 Å². The summed E-state index contributed by atoms with van der Waals surface area (Å²) in [5.41, 5.74) is 0. The summed E-state index contributed by atoms with van der Waals surface area (Å²) in [5.74, 6) is -0.844. The van der Waals surface area contributed by atoms with Gasteiger partial charge in [-0.1, -0.05) is 0 Å². The molecule has 3 fully saturated rings. The van der Waals surface area contributed by atoms with Crippen molar-refractivity contribution in [2.75, 3.05) is 13.1 Å². The van der Waals surface area contributed by atoms with Crippen LogP contribution in [0.15, 0.2) is 22.8 Å². The molecule has 1 aromatic heterocycles. The van der Waals surface area contributed by atoms with Crippen molar-refractivity contribution in [3.63, 3.8) is 0 Å². The van der Waals surface area contributed by atoms with E-state index in [9.17, 15) is 19.2 Å². The molecule has 2 N–H and O–H groups in total. The molecule has 9 nitrogen and oxygen atoms in total. The number of amides is 4. The SMILES string of the molecule is CC(=O)N1CCC2NC(=O)C3CC(NC(=O)c4ccco4)CN3C(=O)C21. The maximum atomic E-state index is 13.0. The van der Waals surface area contributed by atoms with Gasteiger partial charge in [-0.2, -0.15) is 0 Å². The van der Waals surface area contributed by atoms with E-state index >= 15 is 0 Å². The lowest BCUT2D eigenvalue weighted by Gasteiger charge is -2.28. The molecule has 0 bridgehead atoms. The number of likely N-dealkylation sites (tertiary alicyclic amines) is 1. The van der Waals surface area contributed by atoms with Crippen LogP contribution in [0.3, 0.4) is 0 Å². The molecular weight excluding hydrogens is 340 g/mol. The van der Waals surface area contributed by atoms with Gasteiger partial charge in [-0.05, 0) is 25.0 Å². The summed E-state index contributed by atoms with van der Waals surface area (Å²) in [6, 6.07) is 1.17. The first-order chi connectivity index (χ1) is 12.5. The van der Waals surface area contributed by atoms with Crippen molar-refractivity contribution in [1.29, 1.82) is 0 Å². The second-order valence-electron chi connectivity index (χ2n) is 6.95. The zero-order valence-corrected chi connectivity index (χ0v) is 14.3. The first kappa shape index (κ1) is 16.6. The molecule has 4 rings (SSSR count). The van der Waals surface area contributed by atoms with Gasteiger partial charge < -0.3 is 24.9 Å². The highest BCUT2D eigenvalue weighted by Crippen LogP contribution is 2.29. The smallest absolute Gasteiger partial charge is 0.287 e. The largest absolute Gasteiger partial charge is 0.459 e. The number of carbonyl (C=O) groups is 4. The highest BCUT2D eigenvalue weighted by molar-refractivity contribution is 5.97. The normalized spacial score (nSPS) is 30.5. The van der Waals surface area contributed by atoms with E-state index in [-0.39, 0.29) is 48.0 Å². The Hall–Kier alpha value is -2.84. The summed E-state index contributed by atoms with van der Waals surface area (Å²) >= 11 is 0. The van der Waals surface area contributed by atoms with Gasteiger partial charge in [0.15, 0.2) is 5.76 Å². The molecule has 0 aromatic carbocycles. The number of rotatable bonds is 2. The predicted octanol–water partition coefficient (Wildman–Crippen LogP) is -0.902. The third-order valence-corrected chi connectivity index (χ3v) is 5.35. The Kier molecular flexibility index (Phi) is 3.93. The zero-order valence-electron chi connectivity index (χ0n) is 14.3. The average molecular weight is 360 g/mol. The Bertz CT molecular complexity index is 761. The molecule has 0 aliphatic carbocycles. The first-order valence-corrected chi connectivity index (χ1v) is 8.68. The summed E-state index contributed by atoms with van der Waals surface area (Å²) in [5, 5.41) is 5.71. The van der Waals surface area contributed by atoms with Crippen LogP contribution in [0.1, 0.15) is 30.3 Å². The van der Waals surface area contributed by atoms with E-state index < -0.39 is 12.1 Å². The standard InChI is InChI=1S/C17H20N4O5/c1-9(22)20-5-4-11-14(20)17(25)21-8-10(7-12(21)15(23)19-11)18-16(24)13-3-2-6-26-13/h2-3,6,10-12,14H,4-5,7-8H2,1H3,(H,18,24)(H,19,23). The highest BCUT2D eigenvalue weighted by atomic mass is 16.3. The molecular formula is C17H20N4O5. The predicted molar refractivity (Wildman–Crippen MR) is 87.8 cm³/mol. The fourth-order valence-electron chi connectivity index (χ4n) is 4.15. The third-order valence-electron chi connectivity index (χ3n) is 5.35. The van der Waals surface area contributed by atoms with E-state index in [0.29, 0.717) is 19.4 Å². The first-order valence-electron chi connectivity index (χ1n) is 8.68. The summed E-state index contributed by atoms with van der Waals surface area (Å²) in [6.07, 6.45) is 2.31. The summed E-state index contributed by atoms with van der Waals surface area (Å²) in [4.78, 5) is 52.6. The van der Waals surface area contributed by atoms with Crippen LogP contribution < -0.4 is 10.6 Å². The summed E-state index contributed by atoms with van der Waals surface area (Å²) in [7, 11) is 0. The van der Waals surface area contributed by atoms with Gasteiger partial charge in [-0.25, -0.2) is 0 Å². The molecule has 3 saturated heterocycles. The second-order valence-corrected chi connectivity index (χ2v) is 6.95. The van der Waals surface area contributed by atoms with E-state index in [0.717, 1.165) is 0 Å². The van der Waals surface area contributed by atoms with Gasteiger partial charge in [0.05, 0.1) is 12.3 Å². The molecule has 4 atom stereocenters. The second kappa shape index (κ2) is 6.15. The fourth-order valence-corrected chi connectivity index (χ4v) is 4.15. The summed E-state index contributed by atoms with van der Waals surface area (Å²) in [6.45, 7) is 2.11. The minimum absolute atomic E-state index is 0.180. The zero-order chi connectivity index (χ0) is 18.4. The monoisotopic (exact) mass is 360 g/mol. The Morgan fingerprint density at radius 1 is 1.35 bits per heavy atom. The van der Waals surface area contributed by atoms with E-state index in [4.69, 9.17) is 4.42 Å². The lowest BCUT2D eigenvalue weighted by molar-refractivity contribution is -0.143. The van der Waals surface area contributed by atoms with E-state index in [1.165, 1.54) is 23.0 Å². The van der Waals surface area contributed by atoms with Crippen LogP contribution in [0.5, 0.6) is 0 Å². The number of nitrogens with zero attached hydrogens (tertiary/aromatic N) is 2. The fraction of sp³-hybridized carbons (Fsp3) is 0.529. The van der Waals surface area contributed by atoms with Crippen molar-refractivity contribution in [2.24, 2.45) is 0 Å². The average Bonchev–Trinajstić information content (AvgIpc) is 3.32. The molecule has 4 unspecified atom stereocenters. The van der Waals surface area contributed by atoms with Crippen LogP contribution in [0.2, 0.25) is 0 Å². The van der Waals surface area contributed by atoms with Crippen molar-refractivity contribution in [3.05, 3.63) is 24.2 Å². The van der Waals surface area contributed by atoms with Crippen LogP contribution >= 0.6 is 0 Å². The van der Waals surface area contributed by atoms with E-state index in [1.54, 1.807) is 12.1 Å². The molecule has 0 radical (unpaired) electrons. The quantitative estimate of drug-likeness (QED) is 0.710. The highest BCUT2D eigenvalue weighted by Gasteiger charge is 2.51. The van der Waals surface area contributed by atoms with Crippen LogP contribution in [0, 0.1) is 0 Å². The Morgan fingerprint density at radius 3 is 2.85 bits per heavy atom. The van der Waals surface area contributed by atoms with Crippen LogP contribution in [-0.4, -0.2) is 70.7 Å². The van der Waals surface area contributed by atoms with Crippen molar-refractivity contribution in [1.82, 2.24) is 20.4 Å². The molecule has 0 spiro atoms. The minimum atomic E-state index is -0.666.